The van der Waals surface area contributed by atoms with Gasteiger partial charge in [0.15, 0.2) is 0 Å². The molecule has 1 aliphatic carbocycles. The largest absolute Gasteiger partial charge is 0.416 e. The van der Waals surface area contributed by atoms with Crippen molar-refractivity contribution in [1.29, 1.82) is 0 Å². The second kappa shape index (κ2) is 4.17. The Morgan fingerprint density at radius 2 is 2.07 bits per heavy atom. The highest BCUT2D eigenvalue weighted by atomic mass is 19.4. The molecule has 0 aromatic rings. The van der Waals surface area contributed by atoms with Crippen LogP contribution in [0.4, 0.5) is 13.2 Å². The van der Waals surface area contributed by atoms with E-state index in [0.29, 0.717) is 6.61 Å². The summed E-state index contributed by atoms with van der Waals surface area (Å²) in [5.41, 5.74) is -0.582. The zero-order valence-electron chi connectivity index (χ0n) is 8.14. The SMILES string of the molecule is CCOC1C=CC(C(F)(F)F)=CC1C. The van der Waals surface area contributed by atoms with Gasteiger partial charge in [-0.3, -0.25) is 0 Å². The van der Waals surface area contributed by atoms with Gasteiger partial charge in [0.1, 0.15) is 0 Å². The summed E-state index contributed by atoms with van der Waals surface area (Å²) in [5, 5.41) is 0. The van der Waals surface area contributed by atoms with Gasteiger partial charge in [0, 0.05) is 12.5 Å². The maximum atomic E-state index is 12.3. The summed E-state index contributed by atoms with van der Waals surface area (Å²) in [6.07, 6.45) is -0.717. The predicted molar refractivity (Wildman–Crippen MR) is 47.9 cm³/mol. The van der Waals surface area contributed by atoms with E-state index in [0.717, 1.165) is 6.08 Å². The van der Waals surface area contributed by atoms with Crippen LogP contribution < -0.4 is 0 Å². The molecule has 0 spiro atoms. The molecular formula is C10H13F3O. The van der Waals surface area contributed by atoms with Gasteiger partial charge in [-0.05, 0) is 6.92 Å². The molecular weight excluding hydrogens is 193 g/mol. The predicted octanol–water partition coefficient (Wildman–Crippen LogP) is 3.09. The molecule has 0 saturated carbocycles. The third kappa shape index (κ3) is 2.61. The number of allylic oxidation sites excluding steroid dienone is 2. The third-order valence-electron chi connectivity index (χ3n) is 2.11. The number of halogens is 3. The minimum absolute atomic E-state index is 0.225. The van der Waals surface area contributed by atoms with Crippen molar-refractivity contribution in [3.05, 3.63) is 23.8 Å². The van der Waals surface area contributed by atoms with Crippen molar-refractivity contribution in [2.45, 2.75) is 26.1 Å². The Kier molecular flexibility index (Phi) is 3.37. The molecule has 2 atom stereocenters. The van der Waals surface area contributed by atoms with Gasteiger partial charge in [-0.1, -0.05) is 25.2 Å². The van der Waals surface area contributed by atoms with Crippen LogP contribution in [-0.2, 0) is 4.74 Å². The number of hydrogen-bond donors (Lipinski definition) is 0. The van der Waals surface area contributed by atoms with Crippen LogP contribution >= 0.6 is 0 Å². The fraction of sp³-hybridized carbons (Fsp3) is 0.600. The molecule has 0 bridgehead atoms. The van der Waals surface area contributed by atoms with Gasteiger partial charge in [0.2, 0.25) is 0 Å². The second-order valence-electron chi connectivity index (χ2n) is 3.26. The van der Waals surface area contributed by atoms with E-state index in [1.807, 2.05) is 6.92 Å². The smallest absolute Gasteiger partial charge is 0.374 e. The molecule has 0 amide bonds. The molecule has 1 rings (SSSR count). The maximum absolute atomic E-state index is 12.3. The Morgan fingerprint density at radius 3 is 2.50 bits per heavy atom. The van der Waals surface area contributed by atoms with E-state index in [-0.39, 0.29) is 12.0 Å². The molecule has 0 fully saturated rings. The van der Waals surface area contributed by atoms with Crippen LogP contribution in [0.3, 0.4) is 0 Å². The first-order valence-corrected chi connectivity index (χ1v) is 4.54. The molecule has 1 aliphatic rings. The van der Waals surface area contributed by atoms with Gasteiger partial charge in [0.25, 0.3) is 0 Å². The van der Waals surface area contributed by atoms with Gasteiger partial charge in [-0.15, -0.1) is 0 Å². The molecule has 0 N–H and O–H groups in total. The van der Waals surface area contributed by atoms with Crippen molar-refractivity contribution in [2.24, 2.45) is 5.92 Å². The molecule has 0 aromatic carbocycles. The highest BCUT2D eigenvalue weighted by Crippen LogP contribution is 2.31. The number of rotatable bonds is 2. The molecule has 0 heterocycles. The zero-order valence-corrected chi connectivity index (χ0v) is 8.14. The quantitative estimate of drug-likeness (QED) is 0.674. The summed E-state index contributed by atoms with van der Waals surface area (Å²) in [7, 11) is 0. The molecule has 4 heteroatoms. The first-order chi connectivity index (χ1) is 6.45. The first kappa shape index (κ1) is 11.3. The molecule has 1 nitrogen and oxygen atoms in total. The molecule has 0 aliphatic heterocycles. The Hall–Kier alpha value is -0.770. The lowest BCUT2D eigenvalue weighted by atomic mass is 9.95. The van der Waals surface area contributed by atoms with E-state index in [1.165, 1.54) is 12.2 Å². The Morgan fingerprint density at radius 1 is 1.43 bits per heavy atom. The van der Waals surface area contributed by atoms with Crippen LogP contribution in [0.25, 0.3) is 0 Å². The van der Waals surface area contributed by atoms with Crippen molar-refractivity contribution >= 4 is 0 Å². The van der Waals surface area contributed by atoms with Crippen LogP contribution in [0.5, 0.6) is 0 Å². The molecule has 14 heavy (non-hydrogen) atoms. The minimum Gasteiger partial charge on any atom is -0.374 e. The van der Waals surface area contributed by atoms with Crippen LogP contribution in [0, 0.1) is 5.92 Å². The van der Waals surface area contributed by atoms with Gasteiger partial charge in [0.05, 0.1) is 11.7 Å². The first-order valence-electron chi connectivity index (χ1n) is 4.54. The summed E-state index contributed by atoms with van der Waals surface area (Å²) >= 11 is 0. The van der Waals surface area contributed by atoms with Gasteiger partial charge in [-0.2, -0.15) is 13.2 Å². The summed E-state index contributed by atoms with van der Waals surface area (Å²) in [6.45, 7) is 4.05. The van der Waals surface area contributed by atoms with E-state index >= 15 is 0 Å². The number of alkyl halides is 3. The summed E-state index contributed by atoms with van der Waals surface area (Å²) in [4.78, 5) is 0. The molecule has 0 saturated heterocycles. The fourth-order valence-corrected chi connectivity index (χ4v) is 1.40. The van der Waals surface area contributed by atoms with Gasteiger partial charge >= 0.3 is 6.18 Å². The van der Waals surface area contributed by atoms with E-state index in [4.69, 9.17) is 4.74 Å². The summed E-state index contributed by atoms with van der Waals surface area (Å²) in [5.74, 6) is -0.225. The second-order valence-corrected chi connectivity index (χ2v) is 3.26. The Labute approximate surface area is 81.2 Å². The molecule has 0 radical (unpaired) electrons. The minimum atomic E-state index is -4.25. The fourth-order valence-electron chi connectivity index (χ4n) is 1.40. The highest BCUT2D eigenvalue weighted by Gasteiger charge is 2.34. The van der Waals surface area contributed by atoms with Crippen LogP contribution in [0.2, 0.25) is 0 Å². The Balaban J connectivity index is 2.72. The summed E-state index contributed by atoms with van der Waals surface area (Å²) < 4.78 is 42.1. The maximum Gasteiger partial charge on any atom is 0.416 e. The number of ether oxygens (including phenoxy) is 1. The topological polar surface area (TPSA) is 9.23 Å². The lowest BCUT2D eigenvalue weighted by molar-refractivity contribution is -0.0895. The Bertz CT molecular complexity index is 253. The van der Waals surface area contributed by atoms with Crippen LogP contribution in [0.15, 0.2) is 23.8 Å². The van der Waals surface area contributed by atoms with Crippen molar-refractivity contribution < 1.29 is 17.9 Å². The van der Waals surface area contributed by atoms with Crippen molar-refractivity contribution in [1.82, 2.24) is 0 Å². The monoisotopic (exact) mass is 206 g/mol. The normalized spacial score (nSPS) is 27.6. The van der Waals surface area contributed by atoms with Crippen LogP contribution in [0.1, 0.15) is 13.8 Å². The van der Waals surface area contributed by atoms with Gasteiger partial charge in [-0.25, -0.2) is 0 Å². The summed E-state index contributed by atoms with van der Waals surface area (Å²) in [6, 6.07) is 0. The van der Waals surface area contributed by atoms with Gasteiger partial charge < -0.3 is 4.74 Å². The lowest BCUT2D eigenvalue weighted by Gasteiger charge is -2.23. The molecule has 80 valence electrons. The standard InChI is InChI=1S/C10H13F3O/c1-3-14-9-5-4-8(6-7(9)2)10(11,12)13/h4-7,9H,3H2,1-2H3. The van der Waals surface area contributed by atoms with E-state index < -0.39 is 11.7 Å². The molecule has 0 aromatic heterocycles. The van der Waals surface area contributed by atoms with E-state index in [9.17, 15) is 13.2 Å². The van der Waals surface area contributed by atoms with Crippen molar-refractivity contribution in [3.8, 4) is 0 Å². The van der Waals surface area contributed by atoms with Crippen LogP contribution in [-0.4, -0.2) is 18.9 Å². The average Bonchev–Trinajstić information content (AvgIpc) is 2.07. The van der Waals surface area contributed by atoms with Crippen molar-refractivity contribution in [3.63, 3.8) is 0 Å². The zero-order chi connectivity index (χ0) is 10.8. The number of hydrogen-bond acceptors (Lipinski definition) is 1. The average molecular weight is 206 g/mol. The lowest BCUT2D eigenvalue weighted by Crippen LogP contribution is -2.24. The van der Waals surface area contributed by atoms with E-state index in [1.54, 1.807) is 6.92 Å². The van der Waals surface area contributed by atoms with E-state index in [2.05, 4.69) is 0 Å². The molecule has 2 unspecified atom stereocenters. The highest BCUT2D eigenvalue weighted by molar-refractivity contribution is 5.29. The van der Waals surface area contributed by atoms with Crippen molar-refractivity contribution in [2.75, 3.05) is 6.61 Å². The third-order valence-corrected chi connectivity index (χ3v) is 2.11.